The highest BCUT2D eigenvalue weighted by atomic mass is 16.5. The molecule has 1 atom stereocenters. The first-order chi connectivity index (χ1) is 7.07. The molecular formula is C9H18N2O4. The van der Waals surface area contributed by atoms with Crippen molar-refractivity contribution in [2.24, 2.45) is 5.73 Å². The number of aliphatic carboxylic acids is 1. The number of methoxy groups -OCH3 is 1. The highest BCUT2D eigenvalue weighted by Gasteiger charge is 2.09. The van der Waals surface area contributed by atoms with E-state index < -0.39 is 18.1 Å². The zero-order valence-electron chi connectivity index (χ0n) is 8.86. The minimum absolute atomic E-state index is 0.447. The van der Waals surface area contributed by atoms with Crippen molar-refractivity contribution in [1.29, 1.82) is 0 Å². The van der Waals surface area contributed by atoms with Crippen LogP contribution in [-0.4, -0.2) is 36.9 Å². The van der Waals surface area contributed by atoms with Gasteiger partial charge in [0, 0.05) is 6.54 Å². The minimum Gasteiger partial charge on any atom is -0.480 e. The Morgan fingerprint density at radius 2 is 2.07 bits per heavy atom. The van der Waals surface area contributed by atoms with Crippen LogP contribution in [0.25, 0.3) is 0 Å². The zero-order valence-corrected chi connectivity index (χ0v) is 8.86. The lowest BCUT2D eigenvalue weighted by Crippen LogP contribution is -2.29. The molecule has 0 aliphatic carbocycles. The number of amides is 1. The Hall–Kier alpha value is -1.30. The number of hydrogen-bond donors (Lipinski definition) is 3. The molecule has 0 radical (unpaired) electrons. The van der Waals surface area contributed by atoms with E-state index in [0.717, 1.165) is 19.3 Å². The molecule has 0 aliphatic rings. The lowest BCUT2D eigenvalue weighted by atomic mass is 10.1. The second-order valence-corrected chi connectivity index (χ2v) is 3.21. The smallest absolute Gasteiger partial charge is 0.406 e. The van der Waals surface area contributed by atoms with Gasteiger partial charge in [0.2, 0.25) is 0 Å². The van der Waals surface area contributed by atoms with Crippen molar-refractivity contribution < 1.29 is 19.4 Å². The first-order valence-corrected chi connectivity index (χ1v) is 4.88. The minimum atomic E-state index is -0.970. The Morgan fingerprint density at radius 1 is 1.40 bits per heavy atom. The number of nitrogens with two attached hydrogens (primary N) is 1. The number of unbranched alkanes of at least 4 members (excludes halogenated alkanes) is 2. The van der Waals surface area contributed by atoms with E-state index in [4.69, 9.17) is 10.8 Å². The maximum absolute atomic E-state index is 10.6. The number of hydrogen-bond acceptors (Lipinski definition) is 4. The molecule has 0 aliphatic heterocycles. The molecule has 1 unspecified atom stereocenters. The average Bonchev–Trinajstić information content (AvgIpc) is 2.22. The Morgan fingerprint density at radius 3 is 2.60 bits per heavy atom. The van der Waals surface area contributed by atoms with Gasteiger partial charge in [-0.05, 0) is 12.8 Å². The van der Waals surface area contributed by atoms with E-state index in [9.17, 15) is 9.59 Å². The van der Waals surface area contributed by atoms with Gasteiger partial charge < -0.3 is 20.9 Å². The monoisotopic (exact) mass is 218 g/mol. The van der Waals surface area contributed by atoms with Crippen LogP contribution in [0.4, 0.5) is 4.79 Å². The number of carbonyl (C=O) groups excluding carboxylic acids is 1. The first-order valence-electron chi connectivity index (χ1n) is 4.88. The van der Waals surface area contributed by atoms with Crippen LogP contribution in [0.15, 0.2) is 0 Å². The zero-order chi connectivity index (χ0) is 11.7. The Balaban J connectivity index is 3.25. The lowest BCUT2D eigenvalue weighted by molar-refractivity contribution is -0.138. The molecule has 0 bridgehead atoms. The fourth-order valence-electron chi connectivity index (χ4n) is 1.05. The molecule has 15 heavy (non-hydrogen) atoms. The molecule has 0 spiro atoms. The molecule has 0 saturated carbocycles. The van der Waals surface area contributed by atoms with Gasteiger partial charge in [0.05, 0.1) is 7.11 Å². The number of ether oxygens (including phenoxy) is 1. The number of rotatable bonds is 7. The van der Waals surface area contributed by atoms with Crippen molar-refractivity contribution in [1.82, 2.24) is 5.32 Å². The van der Waals surface area contributed by atoms with Crippen LogP contribution in [0, 0.1) is 0 Å². The van der Waals surface area contributed by atoms with Gasteiger partial charge in [-0.25, -0.2) is 4.79 Å². The van der Waals surface area contributed by atoms with Crippen LogP contribution in [0.3, 0.4) is 0 Å². The highest BCUT2D eigenvalue weighted by molar-refractivity contribution is 5.72. The van der Waals surface area contributed by atoms with E-state index in [0.29, 0.717) is 13.0 Å². The molecule has 0 aromatic carbocycles. The van der Waals surface area contributed by atoms with Crippen LogP contribution in [0.1, 0.15) is 25.7 Å². The van der Waals surface area contributed by atoms with E-state index in [1.165, 1.54) is 7.11 Å². The third-order valence-electron chi connectivity index (χ3n) is 1.96. The van der Waals surface area contributed by atoms with Crippen LogP contribution >= 0.6 is 0 Å². The fourth-order valence-corrected chi connectivity index (χ4v) is 1.05. The molecular weight excluding hydrogens is 200 g/mol. The van der Waals surface area contributed by atoms with E-state index >= 15 is 0 Å². The number of nitrogens with one attached hydrogen (secondary N) is 1. The Labute approximate surface area is 88.8 Å². The first kappa shape index (κ1) is 13.7. The third kappa shape index (κ3) is 7.75. The molecule has 0 rings (SSSR count). The van der Waals surface area contributed by atoms with Crippen LogP contribution in [0.5, 0.6) is 0 Å². The van der Waals surface area contributed by atoms with Crippen LogP contribution in [0.2, 0.25) is 0 Å². The summed E-state index contributed by atoms with van der Waals surface area (Å²) in [5.41, 5.74) is 5.31. The summed E-state index contributed by atoms with van der Waals surface area (Å²) in [5.74, 6) is -0.970. The second kappa shape index (κ2) is 8.05. The van der Waals surface area contributed by atoms with Crippen molar-refractivity contribution in [3.8, 4) is 0 Å². The van der Waals surface area contributed by atoms with Crippen LogP contribution < -0.4 is 11.1 Å². The predicted molar refractivity (Wildman–Crippen MR) is 54.5 cm³/mol. The van der Waals surface area contributed by atoms with Gasteiger partial charge in [0.15, 0.2) is 0 Å². The summed E-state index contributed by atoms with van der Waals surface area (Å²) >= 11 is 0. The molecule has 0 aromatic heterocycles. The number of carbonyl (C=O) groups is 2. The van der Waals surface area contributed by atoms with Crippen molar-refractivity contribution >= 4 is 12.1 Å². The molecule has 4 N–H and O–H groups in total. The van der Waals surface area contributed by atoms with Gasteiger partial charge in [0.1, 0.15) is 6.04 Å². The summed E-state index contributed by atoms with van der Waals surface area (Å²) in [6.45, 7) is 0.537. The summed E-state index contributed by atoms with van der Waals surface area (Å²) < 4.78 is 4.38. The van der Waals surface area contributed by atoms with Crippen molar-refractivity contribution in [3.05, 3.63) is 0 Å². The molecule has 1 amide bonds. The van der Waals surface area contributed by atoms with Crippen molar-refractivity contribution in [3.63, 3.8) is 0 Å². The van der Waals surface area contributed by atoms with Gasteiger partial charge in [-0.15, -0.1) is 0 Å². The largest absolute Gasteiger partial charge is 0.480 e. The SMILES string of the molecule is COC(=O)NCCCCCC(N)C(=O)O. The molecule has 0 saturated heterocycles. The van der Waals surface area contributed by atoms with E-state index in [1.54, 1.807) is 0 Å². The topological polar surface area (TPSA) is 102 Å². The Kier molecular flexibility index (Phi) is 7.35. The predicted octanol–water partition coefficient (Wildman–Crippen LogP) is 0.315. The van der Waals surface area contributed by atoms with Crippen molar-refractivity contribution in [2.45, 2.75) is 31.7 Å². The van der Waals surface area contributed by atoms with Crippen LogP contribution in [-0.2, 0) is 9.53 Å². The second-order valence-electron chi connectivity index (χ2n) is 3.21. The average molecular weight is 218 g/mol. The van der Waals surface area contributed by atoms with Crippen molar-refractivity contribution in [2.75, 3.05) is 13.7 Å². The Bertz CT molecular complexity index is 208. The van der Waals surface area contributed by atoms with Gasteiger partial charge >= 0.3 is 12.1 Å². The normalized spacial score (nSPS) is 11.9. The molecule has 0 aromatic rings. The summed E-state index contributed by atoms with van der Waals surface area (Å²) in [6, 6.07) is -0.779. The maximum Gasteiger partial charge on any atom is 0.406 e. The number of carboxylic acids is 1. The molecule has 6 nitrogen and oxygen atoms in total. The summed E-state index contributed by atoms with van der Waals surface area (Å²) in [6.07, 6.45) is 2.40. The highest BCUT2D eigenvalue weighted by Crippen LogP contribution is 2.01. The summed E-state index contributed by atoms with van der Waals surface area (Å²) in [5, 5.41) is 11.0. The standard InChI is InChI=1S/C9H18N2O4/c1-15-9(14)11-6-4-2-3-5-7(10)8(12)13/h7H,2-6,10H2,1H3,(H,11,14)(H,12,13). The lowest BCUT2D eigenvalue weighted by Gasteiger charge is -2.06. The quantitative estimate of drug-likeness (QED) is 0.534. The number of carboxylic acid groups (broad SMARTS) is 1. The van der Waals surface area contributed by atoms with E-state index in [2.05, 4.69) is 10.1 Å². The van der Waals surface area contributed by atoms with Gasteiger partial charge in [-0.1, -0.05) is 12.8 Å². The van der Waals surface area contributed by atoms with E-state index in [1.807, 2.05) is 0 Å². The molecule has 0 fully saturated rings. The molecule has 6 heteroatoms. The van der Waals surface area contributed by atoms with Gasteiger partial charge in [0.25, 0.3) is 0 Å². The van der Waals surface area contributed by atoms with Gasteiger partial charge in [-0.2, -0.15) is 0 Å². The van der Waals surface area contributed by atoms with Gasteiger partial charge in [-0.3, -0.25) is 4.79 Å². The fraction of sp³-hybridized carbons (Fsp3) is 0.778. The molecule has 0 heterocycles. The summed E-state index contributed by atoms with van der Waals surface area (Å²) in [7, 11) is 1.31. The summed E-state index contributed by atoms with van der Waals surface area (Å²) in [4.78, 5) is 21.0. The maximum atomic E-state index is 10.6. The number of alkyl carbamates (subject to hydrolysis) is 1. The third-order valence-corrected chi connectivity index (χ3v) is 1.96. The van der Waals surface area contributed by atoms with E-state index in [-0.39, 0.29) is 0 Å². The molecule has 88 valence electrons.